The van der Waals surface area contributed by atoms with Crippen LogP contribution in [-0.4, -0.2) is 69.3 Å². The number of hydrogen-bond acceptors (Lipinski definition) is 7. The van der Waals surface area contributed by atoms with Gasteiger partial charge in [-0.1, -0.05) is 13.8 Å². The molecular weight excluding hydrogens is 432 g/mol. The van der Waals surface area contributed by atoms with E-state index >= 15 is 0 Å². The molecule has 0 spiro atoms. The van der Waals surface area contributed by atoms with Crippen LogP contribution in [0.25, 0.3) is 17.1 Å². The standard InChI is InChI=1S/C26H32N4O4/c1-17(2)20-15-21(24(32)16-23(20)31)26-28-27-25-5-3-4-18-14-19(6-7-22(18)30(25)26)34-13-10-29-8-11-33-12-9-29/h6-7,14-17,31-32H,3-5,8-13H2,1-2H3. The van der Waals surface area contributed by atoms with Gasteiger partial charge < -0.3 is 19.7 Å². The van der Waals surface area contributed by atoms with E-state index < -0.39 is 0 Å². The normalized spacial score (nSPS) is 16.2. The van der Waals surface area contributed by atoms with E-state index in [2.05, 4.69) is 27.2 Å². The van der Waals surface area contributed by atoms with Crippen molar-refractivity contribution in [3.63, 3.8) is 0 Å². The summed E-state index contributed by atoms with van der Waals surface area (Å²) in [5.74, 6) is 2.50. The van der Waals surface area contributed by atoms with Crippen molar-refractivity contribution in [2.45, 2.75) is 39.0 Å². The van der Waals surface area contributed by atoms with E-state index in [1.54, 1.807) is 0 Å². The number of rotatable bonds is 6. The molecule has 1 aromatic heterocycles. The molecule has 2 aromatic carbocycles. The smallest absolute Gasteiger partial charge is 0.172 e. The predicted molar refractivity (Wildman–Crippen MR) is 129 cm³/mol. The van der Waals surface area contributed by atoms with Gasteiger partial charge >= 0.3 is 0 Å². The first-order chi connectivity index (χ1) is 16.5. The number of aryl methyl sites for hydroxylation is 2. The molecule has 0 atom stereocenters. The number of ether oxygens (including phenoxy) is 2. The summed E-state index contributed by atoms with van der Waals surface area (Å²) in [5, 5.41) is 29.8. The van der Waals surface area contributed by atoms with Crippen LogP contribution in [0.4, 0.5) is 0 Å². The molecule has 1 saturated heterocycles. The molecule has 0 saturated carbocycles. The van der Waals surface area contributed by atoms with E-state index in [1.165, 1.54) is 11.6 Å². The molecule has 8 nitrogen and oxygen atoms in total. The van der Waals surface area contributed by atoms with E-state index in [4.69, 9.17) is 9.47 Å². The third kappa shape index (κ3) is 4.48. The Labute approximate surface area is 199 Å². The maximum Gasteiger partial charge on any atom is 0.172 e. The maximum atomic E-state index is 10.7. The zero-order valence-electron chi connectivity index (χ0n) is 19.8. The second-order valence-corrected chi connectivity index (χ2v) is 9.30. The number of fused-ring (bicyclic) bond motifs is 3. The van der Waals surface area contributed by atoms with E-state index in [1.807, 2.05) is 30.5 Å². The summed E-state index contributed by atoms with van der Waals surface area (Å²) in [4.78, 5) is 2.36. The van der Waals surface area contributed by atoms with Crippen LogP contribution in [-0.2, 0) is 17.6 Å². The average molecular weight is 465 g/mol. The number of phenolic OH excluding ortho intramolecular Hbond substituents is 2. The molecule has 0 bridgehead atoms. The van der Waals surface area contributed by atoms with Gasteiger partial charge in [-0.15, -0.1) is 10.2 Å². The van der Waals surface area contributed by atoms with Gasteiger partial charge in [0.1, 0.15) is 29.7 Å². The maximum absolute atomic E-state index is 10.7. The Hall–Kier alpha value is -3.10. The van der Waals surface area contributed by atoms with Crippen LogP contribution in [0.2, 0.25) is 0 Å². The van der Waals surface area contributed by atoms with Crippen molar-refractivity contribution in [3.8, 4) is 34.3 Å². The Morgan fingerprint density at radius 3 is 2.65 bits per heavy atom. The number of aromatic nitrogens is 3. The van der Waals surface area contributed by atoms with Crippen molar-refractivity contribution < 1.29 is 19.7 Å². The van der Waals surface area contributed by atoms with E-state index in [-0.39, 0.29) is 17.4 Å². The number of phenols is 2. The Bertz CT molecular complexity index is 1170. The highest BCUT2D eigenvalue weighted by Crippen LogP contribution is 2.39. The molecule has 2 aliphatic rings. The first kappa shape index (κ1) is 22.7. The predicted octanol–water partition coefficient (Wildman–Crippen LogP) is 3.67. The summed E-state index contributed by atoms with van der Waals surface area (Å²) in [6.07, 6.45) is 2.67. The van der Waals surface area contributed by atoms with Gasteiger partial charge in [0, 0.05) is 32.1 Å². The van der Waals surface area contributed by atoms with Crippen LogP contribution >= 0.6 is 0 Å². The first-order valence-electron chi connectivity index (χ1n) is 12.1. The average Bonchev–Trinajstić information content (AvgIpc) is 3.14. The minimum absolute atomic E-state index is 0.00837. The van der Waals surface area contributed by atoms with Gasteiger partial charge in [0.2, 0.25) is 0 Å². The molecule has 180 valence electrons. The van der Waals surface area contributed by atoms with Gasteiger partial charge in [0.15, 0.2) is 5.82 Å². The van der Waals surface area contributed by atoms with Crippen LogP contribution in [0.3, 0.4) is 0 Å². The Morgan fingerprint density at radius 1 is 1.03 bits per heavy atom. The molecule has 3 aromatic rings. The second kappa shape index (κ2) is 9.64. The van der Waals surface area contributed by atoms with Crippen LogP contribution in [0.15, 0.2) is 30.3 Å². The Morgan fingerprint density at radius 2 is 1.85 bits per heavy atom. The zero-order valence-corrected chi connectivity index (χ0v) is 19.8. The molecular formula is C26H32N4O4. The topological polar surface area (TPSA) is 92.9 Å². The minimum Gasteiger partial charge on any atom is -0.508 e. The fourth-order valence-electron chi connectivity index (χ4n) is 4.77. The largest absolute Gasteiger partial charge is 0.508 e. The summed E-state index contributed by atoms with van der Waals surface area (Å²) < 4.78 is 13.5. The Balaban J connectivity index is 1.44. The lowest BCUT2D eigenvalue weighted by atomic mass is 9.98. The van der Waals surface area contributed by atoms with E-state index in [0.29, 0.717) is 18.0 Å². The van der Waals surface area contributed by atoms with Crippen molar-refractivity contribution in [3.05, 3.63) is 47.3 Å². The molecule has 34 heavy (non-hydrogen) atoms. The highest BCUT2D eigenvalue weighted by molar-refractivity contribution is 5.70. The summed E-state index contributed by atoms with van der Waals surface area (Å²) in [6, 6.07) is 9.38. The molecule has 8 heteroatoms. The summed E-state index contributed by atoms with van der Waals surface area (Å²) in [5.41, 5.74) is 3.51. The first-order valence-corrected chi connectivity index (χ1v) is 12.1. The molecule has 0 aliphatic carbocycles. The molecule has 0 radical (unpaired) electrons. The van der Waals surface area contributed by atoms with Gasteiger partial charge in [-0.2, -0.15) is 0 Å². The van der Waals surface area contributed by atoms with E-state index in [9.17, 15) is 10.2 Å². The third-order valence-corrected chi connectivity index (χ3v) is 6.66. The van der Waals surface area contributed by atoms with Crippen LogP contribution < -0.4 is 4.74 Å². The second-order valence-electron chi connectivity index (χ2n) is 9.30. The van der Waals surface area contributed by atoms with Crippen molar-refractivity contribution in [2.75, 3.05) is 39.5 Å². The molecule has 0 amide bonds. The number of benzene rings is 2. The fourth-order valence-corrected chi connectivity index (χ4v) is 4.77. The monoisotopic (exact) mass is 464 g/mol. The van der Waals surface area contributed by atoms with Crippen molar-refractivity contribution >= 4 is 0 Å². The van der Waals surface area contributed by atoms with Gasteiger partial charge in [-0.25, -0.2) is 0 Å². The summed E-state index contributed by atoms with van der Waals surface area (Å²) >= 11 is 0. The Kier molecular flexibility index (Phi) is 6.43. The SMILES string of the molecule is CC(C)c1cc(-c2nnc3n2-c2ccc(OCCN4CCOCC4)cc2CCC3)c(O)cc1O. The molecule has 3 heterocycles. The van der Waals surface area contributed by atoms with Crippen molar-refractivity contribution in [2.24, 2.45) is 0 Å². The molecule has 0 unspecified atom stereocenters. The third-order valence-electron chi connectivity index (χ3n) is 6.66. The highest BCUT2D eigenvalue weighted by Gasteiger charge is 2.24. The number of aromatic hydroxyl groups is 2. The lowest BCUT2D eigenvalue weighted by molar-refractivity contribution is 0.0322. The minimum atomic E-state index is -0.00837. The summed E-state index contributed by atoms with van der Waals surface area (Å²) in [6.45, 7) is 9.03. The van der Waals surface area contributed by atoms with Gasteiger partial charge in [0.25, 0.3) is 0 Å². The molecule has 1 fully saturated rings. The van der Waals surface area contributed by atoms with Crippen LogP contribution in [0, 0.1) is 0 Å². The lowest BCUT2D eigenvalue weighted by Crippen LogP contribution is -2.38. The van der Waals surface area contributed by atoms with Gasteiger partial charge in [-0.05, 0) is 54.2 Å². The van der Waals surface area contributed by atoms with Gasteiger partial charge in [-0.3, -0.25) is 9.47 Å². The number of morpholine rings is 1. The van der Waals surface area contributed by atoms with Crippen molar-refractivity contribution in [1.29, 1.82) is 0 Å². The molecule has 2 N–H and O–H groups in total. The fraction of sp³-hybridized carbons (Fsp3) is 0.462. The molecule has 2 aliphatic heterocycles. The van der Waals surface area contributed by atoms with Crippen LogP contribution in [0.1, 0.15) is 43.1 Å². The summed E-state index contributed by atoms with van der Waals surface area (Å²) in [7, 11) is 0. The molecule has 5 rings (SSSR count). The zero-order chi connectivity index (χ0) is 23.7. The van der Waals surface area contributed by atoms with E-state index in [0.717, 1.165) is 74.9 Å². The number of hydrogen-bond donors (Lipinski definition) is 2. The quantitative estimate of drug-likeness (QED) is 0.575. The van der Waals surface area contributed by atoms with Crippen LogP contribution in [0.5, 0.6) is 17.2 Å². The number of nitrogens with zero attached hydrogens (tertiary/aromatic N) is 4. The van der Waals surface area contributed by atoms with Crippen molar-refractivity contribution in [1.82, 2.24) is 19.7 Å². The highest BCUT2D eigenvalue weighted by atomic mass is 16.5. The van der Waals surface area contributed by atoms with Gasteiger partial charge in [0.05, 0.1) is 24.5 Å². The lowest BCUT2D eigenvalue weighted by Gasteiger charge is -2.26.